The first-order valence-electron chi connectivity index (χ1n) is 5.62. The Labute approximate surface area is 86.9 Å². The number of likely N-dealkylation sites (tertiary alicyclic amines) is 1. The van der Waals surface area contributed by atoms with Gasteiger partial charge in [-0.3, -0.25) is 9.69 Å². The van der Waals surface area contributed by atoms with E-state index in [4.69, 9.17) is 0 Å². The van der Waals surface area contributed by atoms with Crippen LogP contribution in [0, 0.1) is 0 Å². The van der Waals surface area contributed by atoms with Gasteiger partial charge in [0.15, 0.2) is 0 Å². The van der Waals surface area contributed by atoms with Crippen LogP contribution in [0.1, 0.15) is 39.5 Å². The number of nitrogens with zero attached hydrogens (tertiary/aromatic N) is 1. The number of hydrogen-bond donors (Lipinski definition) is 1. The van der Waals surface area contributed by atoms with E-state index in [0.29, 0.717) is 0 Å². The minimum absolute atomic E-state index is 0.0971. The van der Waals surface area contributed by atoms with E-state index in [2.05, 4.69) is 17.3 Å². The quantitative estimate of drug-likeness (QED) is 0.727. The molecule has 1 fully saturated rings. The van der Waals surface area contributed by atoms with Crippen molar-refractivity contribution < 1.29 is 4.79 Å². The first-order chi connectivity index (χ1) is 6.61. The molecule has 0 bridgehead atoms. The van der Waals surface area contributed by atoms with Crippen LogP contribution in [0.15, 0.2) is 0 Å². The third-order valence-corrected chi connectivity index (χ3v) is 2.75. The summed E-state index contributed by atoms with van der Waals surface area (Å²) in [6, 6.07) is 0.346. The molecule has 0 spiro atoms. The number of carbonyl (C=O) groups is 1. The standard InChI is InChI=1S/C11H22N2O/c1-9(2)12-11(14)10-7-5-4-6-8-13(10)3/h9-10H,4-8H2,1-3H3,(H,12,14). The summed E-state index contributed by atoms with van der Waals surface area (Å²) in [6.45, 7) is 5.07. The molecule has 1 heterocycles. The zero-order valence-corrected chi connectivity index (χ0v) is 9.55. The van der Waals surface area contributed by atoms with E-state index in [1.54, 1.807) is 0 Å². The summed E-state index contributed by atoms with van der Waals surface area (Å²) in [5, 5.41) is 2.99. The Kier molecular flexibility index (Phi) is 4.39. The number of likely N-dealkylation sites (N-methyl/N-ethyl adjacent to an activating group) is 1. The first-order valence-corrected chi connectivity index (χ1v) is 5.62. The SMILES string of the molecule is CC(C)NC(=O)C1CCCCCN1C. The molecule has 1 atom stereocenters. The molecule has 0 aromatic carbocycles. The number of carbonyl (C=O) groups excluding carboxylic acids is 1. The number of nitrogens with one attached hydrogen (secondary N) is 1. The fourth-order valence-electron chi connectivity index (χ4n) is 1.96. The van der Waals surface area contributed by atoms with Gasteiger partial charge in [0.05, 0.1) is 6.04 Å². The van der Waals surface area contributed by atoms with Gasteiger partial charge in [-0.25, -0.2) is 0 Å². The first kappa shape index (κ1) is 11.5. The van der Waals surface area contributed by atoms with E-state index in [0.717, 1.165) is 13.0 Å². The Morgan fingerprint density at radius 2 is 2.07 bits per heavy atom. The van der Waals surface area contributed by atoms with Crippen molar-refractivity contribution in [3.05, 3.63) is 0 Å². The highest BCUT2D eigenvalue weighted by atomic mass is 16.2. The summed E-state index contributed by atoms with van der Waals surface area (Å²) in [4.78, 5) is 14.0. The van der Waals surface area contributed by atoms with Crippen LogP contribution in [-0.2, 0) is 4.79 Å². The van der Waals surface area contributed by atoms with E-state index < -0.39 is 0 Å². The fourth-order valence-corrected chi connectivity index (χ4v) is 1.96. The van der Waals surface area contributed by atoms with Crippen LogP contribution in [0.3, 0.4) is 0 Å². The summed E-state index contributed by atoms with van der Waals surface area (Å²) < 4.78 is 0. The molecular weight excluding hydrogens is 176 g/mol. The lowest BCUT2D eigenvalue weighted by Gasteiger charge is -2.25. The maximum atomic E-state index is 11.8. The lowest BCUT2D eigenvalue weighted by Crippen LogP contribution is -2.46. The van der Waals surface area contributed by atoms with Gasteiger partial charge in [0.25, 0.3) is 0 Å². The molecular formula is C11H22N2O. The van der Waals surface area contributed by atoms with Gasteiger partial charge in [-0.15, -0.1) is 0 Å². The minimum Gasteiger partial charge on any atom is -0.353 e. The Hall–Kier alpha value is -0.570. The van der Waals surface area contributed by atoms with Crippen LogP contribution in [0.2, 0.25) is 0 Å². The minimum atomic E-state index is 0.0971. The molecule has 82 valence electrons. The second-order valence-corrected chi connectivity index (χ2v) is 4.51. The molecule has 0 aromatic heterocycles. The normalized spacial score (nSPS) is 24.7. The molecule has 14 heavy (non-hydrogen) atoms. The molecule has 1 rings (SSSR count). The second kappa shape index (κ2) is 5.35. The summed E-state index contributed by atoms with van der Waals surface area (Å²) >= 11 is 0. The predicted molar refractivity (Wildman–Crippen MR) is 58.2 cm³/mol. The van der Waals surface area contributed by atoms with Crippen LogP contribution < -0.4 is 5.32 Å². The summed E-state index contributed by atoms with van der Waals surface area (Å²) in [7, 11) is 2.05. The van der Waals surface area contributed by atoms with Gasteiger partial charge < -0.3 is 5.32 Å². The molecule has 0 aromatic rings. The molecule has 0 radical (unpaired) electrons. The molecule has 1 N–H and O–H groups in total. The van der Waals surface area contributed by atoms with Gasteiger partial charge in [0, 0.05) is 6.04 Å². The van der Waals surface area contributed by atoms with Crippen molar-refractivity contribution in [1.82, 2.24) is 10.2 Å². The van der Waals surface area contributed by atoms with Crippen molar-refractivity contribution in [1.29, 1.82) is 0 Å². The van der Waals surface area contributed by atoms with E-state index in [1.165, 1.54) is 19.3 Å². The number of amides is 1. The maximum Gasteiger partial charge on any atom is 0.237 e. The smallest absolute Gasteiger partial charge is 0.237 e. The van der Waals surface area contributed by atoms with E-state index in [-0.39, 0.29) is 18.0 Å². The highest BCUT2D eigenvalue weighted by molar-refractivity contribution is 5.81. The highest BCUT2D eigenvalue weighted by Gasteiger charge is 2.24. The lowest BCUT2D eigenvalue weighted by atomic mass is 10.1. The molecule has 3 heteroatoms. The van der Waals surface area contributed by atoms with Gasteiger partial charge in [-0.05, 0) is 40.3 Å². The van der Waals surface area contributed by atoms with Crippen molar-refractivity contribution in [2.45, 2.75) is 51.6 Å². The molecule has 1 saturated heterocycles. The molecule has 1 aliphatic heterocycles. The van der Waals surface area contributed by atoms with Crippen LogP contribution in [-0.4, -0.2) is 36.5 Å². The van der Waals surface area contributed by atoms with Crippen molar-refractivity contribution >= 4 is 5.91 Å². The summed E-state index contributed by atoms with van der Waals surface area (Å²) in [5.74, 6) is 0.199. The third-order valence-electron chi connectivity index (χ3n) is 2.75. The Morgan fingerprint density at radius 1 is 1.36 bits per heavy atom. The average Bonchev–Trinajstić information content (AvgIpc) is 2.28. The Morgan fingerprint density at radius 3 is 2.71 bits per heavy atom. The van der Waals surface area contributed by atoms with Crippen LogP contribution in [0.4, 0.5) is 0 Å². The Bertz CT molecular complexity index is 192. The summed E-state index contributed by atoms with van der Waals surface area (Å²) in [6.07, 6.45) is 4.67. The second-order valence-electron chi connectivity index (χ2n) is 4.51. The topological polar surface area (TPSA) is 32.3 Å². The molecule has 1 aliphatic rings. The van der Waals surface area contributed by atoms with Gasteiger partial charge in [0.2, 0.25) is 5.91 Å². The molecule has 0 aliphatic carbocycles. The maximum absolute atomic E-state index is 11.8. The summed E-state index contributed by atoms with van der Waals surface area (Å²) in [5.41, 5.74) is 0. The predicted octanol–water partition coefficient (Wildman–Crippen LogP) is 1.39. The number of rotatable bonds is 2. The largest absolute Gasteiger partial charge is 0.353 e. The van der Waals surface area contributed by atoms with Crippen LogP contribution >= 0.6 is 0 Å². The lowest BCUT2D eigenvalue weighted by molar-refractivity contribution is -0.126. The van der Waals surface area contributed by atoms with Crippen molar-refractivity contribution in [2.75, 3.05) is 13.6 Å². The fraction of sp³-hybridized carbons (Fsp3) is 0.909. The monoisotopic (exact) mass is 198 g/mol. The van der Waals surface area contributed by atoms with Crippen molar-refractivity contribution in [3.63, 3.8) is 0 Å². The van der Waals surface area contributed by atoms with E-state index in [1.807, 2.05) is 13.8 Å². The molecule has 0 saturated carbocycles. The van der Waals surface area contributed by atoms with Gasteiger partial charge in [0.1, 0.15) is 0 Å². The molecule has 1 unspecified atom stereocenters. The highest BCUT2D eigenvalue weighted by Crippen LogP contribution is 2.15. The van der Waals surface area contributed by atoms with Crippen molar-refractivity contribution in [2.24, 2.45) is 0 Å². The van der Waals surface area contributed by atoms with Crippen LogP contribution in [0.5, 0.6) is 0 Å². The average molecular weight is 198 g/mol. The Balaban J connectivity index is 2.50. The van der Waals surface area contributed by atoms with Gasteiger partial charge >= 0.3 is 0 Å². The van der Waals surface area contributed by atoms with Gasteiger partial charge in [-0.2, -0.15) is 0 Å². The van der Waals surface area contributed by atoms with Gasteiger partial charge in [-0.1, -0.05) is 12.8 Å². The van der Waals surface area contributed by atoms with Crippen molar-refractivity contribution in [3.8, 4) is 0 Å². The zero-order chi connectivity index (χ0) is 10.6. The van der Waals surface area contributed by atoms with E-state index >= 15 is 0 Å². The third kappa shape index (κ3) is 3.29. The molecule has 1 amide bonds. The molecule has 3 nitrogen and oxygen atoms in total. The zero-order valence-electron chi connectivity index (χ0n) is 9.55. The number of hydrogen-bond acceptors (Lipinski definition) is 2. The van der Waals surface area contributed by atoms with E-state index in [9.17, 15) is 4.79 Å². The van der Waals surface area contributed by atoms with Crippen LogP contribution in [0.25, 0.3) is 0 Å².